The zero-order valence-electron chi connectivity index (χ0n) is 18.6. The second-order valence-corrected chi connectivity index (χ2v) is 7.41. The maximum absolute atomic E-state index is 13.3. The number of halogens is 2. The van der Waals surface area contributed by atoms with Crippen LogP contribution in [-0.4, -0.2) is 26.8 Å². The molecule has 172 valence electrons. The van der Waals surface area contributed by atoms with E-state index in [9.17, 15) is 13.6 Å². The Hall–Kier alpha value is -3.67. The lowest BCUT2D eigenvalue weighted by atomic mass is 9.87. The number of esters is 1. The predicted octanol–water partition coefficient (Wildman–Crippen LogP) is 6.15. The Balaban J connectivity index is 1.56. The molecule has 0 bridgehead atoms. The molecule has 6 heteroatoms. The molecule has 0 fully saturated rings. The first-order valence-corrected chi connectivity index (χ1v) is 10.6. The molecule has 0 aromatic heterocycles. The van der Waals surface area contributed by atoms with Crippen LogP contribution in [0.4, 0.5) is 8.78 Å². The molecule has 0 unspecified atom stereocenters. The largest absolute Gasteiger partial charge is 0.493 e. The van der Waals surface area contributed by atoms with Crippen LogP contribution in [0.3, 0.4) is 0 Å². The summed E-state index contributed by atoms with van der Waals surface area (Å²) in [6, 6.07) is 17.9. The number of rotatable bonds is 10. The smallest absolute Gasteiger partial charge is 0.330 e. The first-order valence-electron chi connectivity index (χ1n) is 10.6. The van der Waals surface area contributed by atoms with E-state index in [0.717, 1.165) is 16.7 Å². The van der Waals surface area contributed by atoms with E-state index in [1.54, 1.807) is 62.8 Å². The Morgan fingerprint density at radius 3 is 1.97 bits per heavy atom. The van der Waals surface area contributed by atoms with Gasteiger partial charge in [0.15, 0.2) is 11.5 Å². The summed E-state index contributed by atoms with van der Waals surface area (Å²) in [6.45, 7) is 0.230. The van der Waals surface area contributed by atoms with E-state index in [1.165, 1.54) is 30.3 Å². The van der Waals surface area contributed by atoms with Crippen LogP contribution >= 0.6 is 0 Å². The third-order valence-electron chi connectivity index (χ3n) is 5.25. The van der Waals surface area contributed by atoms with E-state index in [0.29, 0.717) is 24.3 Å². The predicted molar refractivity (Wildman–Crippen MR) is 123 cm³/mol. The highest BCUT2D eigenvalue weighted by Gasteiger charge is 2.15. The minimum absolute atomic E-state index is 0.0628. The number of ether oxygens (including phenoxy) is 3. The van der Waals surface area contributed by atoms with Crippen LogP contribution in [0.15, 0.2) is 72.8 Å². The van der Waals surface area contributed by atoms with Gasteiger partial charge in [0.1, 0.15) is 11.6 Å². The Bertz CT molecular complexity index is 1030. The van der Waals surface area contributed by atoms with Crippen LogP contribution < -0.4 is 9.47 Å². The van der Waals surface area contributed by atoms with Gasteiger partial charge in [-0.25, -0.2) is 13.6 Å². The lowest BCUT2D eigenvalue weighted by molar-refractivity contribution is -0.137. The van der Waals surface area contributed by atoms with Crippen molar-refractivity contribution in [3.63, 3.8) is 0 Å². The summed E-state index contributed by atoms with van der Waals surface area (Å²) in [6.07, 6.45) is 4.25. The summed E-state index contributed by atoms with van der Waals surface area (Å²) < 4.78 is 42.5. The van der Waals surface area contributed by atoms with Gasteiger partial charge >= 0.3 is 5.97 Å². The lowest BCUT2D eigenvalue weighted by Crippen LogP contribution is -2.06. The van der Waals surface area contributed by atoms with E-state index in [-0.39, 0.29) is 24.2 Å². The number of carbonyl (C=O) groups is 1. The first kappa shape index (κ1) is 24.0. The van der Waals surface area contributed by atoms with Crippen molar-refractivity contribution in [2.45, 2.75) is 18.8 Å². The van der Waals surface area contributed by atoms with Gasteiger partial charge in [-0.1, -0.05) is 30.3 Å². The molecular formula is C27H26F2O4. The summed E-state index contributed by atoms with van der Waals surface area (Å²) >= 11 is 0. The van der Waals surface area contributed by atoms with Gasteiger partial charge in [0, 0.05) is 12.0 Å². The van der Waals surface area contributed by atoms with Crippen LogP contribution in [0.25, 0.3) is 6.08 Å². The molecule has 0 saturated carbocycles. The van der Waals surface area contributed by atoms with Crippen molar-refractivity contribution in [2.24, 2.45) is 0 Å². The molecule has 0 N–H and O–H groups in total. The number of carbonyl (C=O) groups excluding carboxylic acids is 1. The summed E-state index contributed by atoms with van der Waals surface area (Å²) in [7, 11) is 3.10. The van der Waals surface area contributed by atoms with Crippen molar-refractivity contribution < 1.29 is 27.8 Å². The van der Waals surface area contributed by atoms with Gasteiger partial charge in [0.25, 0.3) is 0 Å². The van der Waals surface area contributed by atoms with E-state index in [2.05, 4.69) is 0 Å². The first-order chi connectivity index (χ1) is 16.0. The zero-order chi connectivity index (χ0) is 23.6. The summed E-state index contributed by atoms with van der Waals surface area (Å²) in [5.41, 5.74) is 2.61. The van der Waals surface area contributed by atoms with Crippen LogP contribution in [0.2, 0.25) is 0 Å². The fourth-order valence-electron chi connectivity index (χ4n) is 3.55. The average Bonchev–Trinajstić information content (AvgIpc) is 2.84. The maximum atomic E-state index is 13.3. The Morgan fingerprint density at radius 1 is 0.848 bits per heavy atom. The number of hydrogen-bond donors (Lipinski definition) is 0. The van der Waals surface area contributed by atoms with Crippen LogP contribution in [0, 0.1) is 11.6 Å². The third-order valence-corrected chi connectivity index (χ3v) is 5.25. The number of hydrogen-bond acceptors (Lipinski definition) is 4. The SMILES string of the molecule is COc1ccc(C=CC(=O)OCCCC(c2ccc(F)cc2)c2ccc(F)cc2)cc1OC. The molecule has 3 aromatic carbocycles. The molecule has 0 atom stereocenters. The van der Waals surface area contributed by atoms with E-state index < -0.39 is 5.97 Å². The van der Waals surface area contributed by atoms with E-state index in [4.69, 9.17) is 14.2 Å². The molecule has 0 aliphatic carbocycles. The summed E-state index contributed by atoms with van der Waals surface area (Å²) in [4.78, 5) is 12.1. The van der Waals surface area contributed by atoms with Crippen molar-refractivity contribution in [3.8, 4) is 11.5 Å². The van der Waals surface area contributed by atoms with Crippen molar-refractivity contribution >= 4 is 12.0 Å². The molecule has 4 nitrogen and oxygen atoms in total. The number of methoxy groups -OCH3 is 2. The summed E-state index contributed by atoms with van der Waals surface area (Å²) in [5, 5.41) is 0. The monoisotopic (exact) mass is 452 g/mol. The minimum Gasteiger partial charge on any atom is -0.493 e. The van der Waals surface area contributed by atoms with E-state index >= 15 is 0 Å². The van der Waals surface area contributed by atoms with Crippen molar-refractivity contribution in [1.82, 2.24) is 0 Å². The highest BCUT2D eigenvalue weighted by Crippen LogP contribution is 2.30. The molecule has 0 heterocycles. The van der Waals surface area contributed by atoms with Gasteiger partial charge in [-0.2, -0.15) is 0 Å². The minimum atomic E-state index is -0.454. The fraction of sp³-hybridized carbons (Fsp3) is 0.222. The second-order valence-electron chi connectivity index (χ2n) is 7.41. The normalized spacial score (nSPS) is 11.1. The van der Waals surface area contributed by atoms with E-state index in [1.807, 2.05) is 0 Å². The molecule has 3 aromatic rings. The molecule has 0 aliphatic rings. The van der Waals surface area contributed by atoms with Gasteiger partial charge in [0.2, 0.25) is 0 Å². The molecular weight excluding hydrogens is 426 g/mol. The quantitative estimate of drug-likeness (QED) is 0.210. The molecule has 33 heavy (non-hydrogen) atoms. The lowest BCUT2D eigenvalue weighted by Gasteiger charge is -2.18. The van der Waals surface area contributed by atoms with Gasteiger partial charge in [0.05, 0.1) is 20.8 Å². The molecule has 3 rings (SSSR count). The van der Waals surface area contributed by atoms with Gasteiger partial charge in [-0.3, -0.25) is 0 Å². The Labute approximate surface area is 192 Å². The fourth-order valence-corrected chi connectivity index (χ4v) is 3.55. The Morgan fingerprint density at radius 2 is 1.42 bits per heavy atom. The third kappa shape index (κ3) is 6.91. The highest BCUT2D eigenvalue weighted by molar-refractivity contribution is 5.87. The van der Waals surface area contributed by atoms with Crippen LogP contribution in [0.1, 0.15) is 35.4 Å². The molecule has 0 radical (unpaired) electrons. The highest BCUT2D eigenvalue weighted by atomic mass is 19.1. The Kier molecular flexibility index (Phi) is 8.58. The van der Waals surface area contributed by atoms with Gasteiger partial charge < -0.3 is 14.2 Å². The molecule has 0 amide bonds. The summed E-state index contributed by atoms with van der Waals surface area (Å²) in [5.74, 6) is 0.0328. The maximum Gasteiger partial charge on any atom is 0.330 e. The van der Waals surface area contributed by atoms with Crippen LogP contribution in [-0.2, 0) is 9.53 Å². The molecule has 0 aliphatic heterocycles. The van der Waals surface area contributed by atoms with Gasteiger partial charge in [-0.05, 0) is 72.0 Å². The number of benzene rings is 3. The van der Waals surface area contributed by atoms with Crippen LogP contribution in [0.5, 0.6) is 11.5 Å². The van der Waals surface area contributed by atoms with Crippen molar-refractivity contribution in [1.29, 1.82) is 0 Å². The van der Waals surface area contributed by atoms with Crippen molar-refractivity contribution in [2.75, 3.05) is 20.8 Å². The standard InChI is InChI=1S/C27H26F2O4/c1-31-25-15-5-19(18-26(25)32-2)6-16-27(30)33-17-3-4-24(20-7-11-22(28)12-8-20)21-9-13-23(29)14-10-21/h5-16,18,24H,3-4,17H2,1-2H3. The van der Waals surface area contributed by atoms with Crippen molar-refractivity contribution in [3.05, 3.63) is 101 Å². The zero-order valence-corrected chi connectivity index (χ0v) is 18.6. The molecule has 0 spiro atoms. The topological polar surface area (TPSA) is 44.8 Å². The average molecular weight is 452 g/mol. The molecule has 0 saturated heterocycles. The second kappa shape index (κ2) is 11.8. The van der Waals surface area contributed by atoms with Gasteiger partial charge in [-0.15, -0.1) is 0 Å².